The molecule has 0 radical (unpaired) electrons. The summed E-state index contributed by atoms with van der Waals surface area (Å²) in [5.41, 5.74) is 3.13. The van der Waals surface area contributed by atoms with Crippen molar-refractivity contribution in [3.8, 4) is 11.5 Å². The Morgan fingerprint density at radius 3 is 2.00 bits per heavy atom. The Balaban J connectivity index is 1.50. The quantitative estimate of drug-likeness (QED) is 0.656. The molecule has 0 amide bonds. The number of halogens is 1. The third-order valence-electron chi connectivity index (χ3n) is 3.83. The second-order valence-corrected chi connectivity index (χ2v) is 5.64. The van der Waals surface area contributed by atoms with Crippen molar-refractivity contribution in [3.63, 3.8) is 0 Å². The number of hydrogen-bond donors (Lipinski definition) is 1. The molecule has 0 spiro atoms. The lowest BCUT2D eigenvalue weighted by molar-refractivity contribution is 0.306. The van der Waals surface area contributed by atoms with E-state index in [1.807, 2.05) is 48.5 Å². The summed E-state index contributed by atoms with van der Waals surface area (Å²) in [6.45, 7) is 1.15. The molecular weight excluding hydrogens is 317 g/mol. The van der Waals surface area contributed by atoms with Crippen molar-refractivity contribution < 1.29 is 13.9 Å². The van der Waals surface area contributed by atoms with Crippen LogP contribution < -0.4 is 14.8 Å². The van der Waals surface area contributed by atoms with Crippen LogP contribution >= 0.6 is 0 Å². The van der Waals surface area contributed by atoms with Crippen LogP contribution in [-0.2, 0) is 13.2 Å². The molecule has 0 aromatic heterocycles. The molecule has 0 heterocycles. The number of rotatable bonds is 7. The third kappa shape index (κ3) is 4.98. The van der Waals surface area contributed by atoms with Crippen LogP contribution in [-0.4, -0.2) is 7.11 Å². The Bertz CT molecular complexity index is 784. The molecule has 25 heavy (non-hydrogen) atoms. The van der Waals surface area contributed by atoms with Gasteiger partial charge in [-0.2, -0.15) is 0 Å². The van der Waals surface area contributed by atoms with Crippen molar-refractivity contribution in [1.29, 1.82) is 0 Å². The van der Waals surface area contributed by atoms with Gasteiger partial charge in [0, 0.05) is 12.2 Å². The number of anilines is 1. The minimum Gasteiger partial charge on any atom is -0.497 e. The second kappa shape index (κ2) is 8.20. The van der Waals surface area contributed by atoms with Gasteiger partial charge in [-0.3, -0.25) is 0 Å². The zero-order valence-electron chi connectivity index (χ0n) is 14.0. The van der Waals surface area contributed by atoms with E-state index in [0.717, 1.165) is 34.9 Å². The summed E-state index contributed by atoms with van der Waals surface area (Å²) < 4.78 is 23.7. The Morgan fingerprint density at radius 2 is 1.36 bits per heavy atom. The molecule has 0 aliphatic heterocycles. The lowest BCUT2D eigenvalue weighted by atomic mass is 10.2. The van der Waals surface area contributed by atoms with E-state index in [1.165, 1.54) is 12.1 Å². The van der Waals surface area contributed by atoms with Crippen LogP contribution in [0.5, 0.6) is 11.5 Å². The molecule has 0 bridgehead atoms. The van der Waals surface area contributed by atoms with Crippen molar-refractivity contribution >= 4 is 5.69 Å². The SMILES string of the molecule is COc1ccc(NCc2ccc(OCc3ccc(F)cc3)cc2)cc1. The normalized spacial score (nSPS) is 10.3. The molecule has 0 fully saturated rings. The average Bonchev–Trinajstić information content (AvgIpc) is 2.67. The third-order valence-corrected chi connectivity index (χ3v) is 3.83. The summed E-state index contributed by atoms with van der Waals surface area (Å²) in [5, 5.41) is 3.36. The van der Waals surface area contributed by atoms with Gasteiger partial charge in [-0.1, -0.05) is 24.3 Å². The van der Waals surface area contributed by atoms with Gasteiger partial charge < -0.3 is 14.8 Å². The van der Waals surface area contributed by atoms with Gasteiger partial charge in [-0.25, -0.2) is 4.39 Å². The lowest BCUT2D eigenvalue weighted by Crippen LogP contribution is -2.00. The largest absolute Gasteiger partial charge is 0.497 e. The first-order chi connectivity index (χ1) is 12.2. The summed E-state index contributed by atoms with van der Waals surface area (Å²) in [5.74, 6) is 1.39. The van der Waals surface area contributed by atoms with Crippen LogP contribution in [0.25, 0.3) is 0 Å². The first-order valence-corrected chi connectivity index (χ1v) is 8.07. The number of benzene rings is 3. The van der Waals surface area contributed by atoms with Crippen molar-refractivity contribution in [2.75, 3.05) is 12.4 Å². The zero-order chi connectivity index (χ0) is 17.5. The minimum absolute atomic E-state index is 0.238. The Morgan fingerprint density at radius 1 is 0.760 bits per heavy atom. The van der Waals surface area contributed by atoms with Gasteiger partial charge in [-0.15, -0.1) is 0 Å². The number of hydrogen-bond acceptors (Lipinski definition) is 3. The predicted molar refractivity (Wildman–Crippen MR) is 97.5 cm³/mol. The maximum absolute atomic E-state index is 12.9. The zero-order valence-corrected chi connectivity index (χ0v) is 14.0. The maximum Gasteiger partial charge on any atom is 0.123 e. The van der Waals surface area contributed by atoms with Crippen LogP contribution in [0, 0.1) is 5.82 Å². The van der Waals surface area contributed by atoms with Crippen LogP contribution in [0.4, 0.5) is 10.1 Å². The molecule has 0 aliphatic carbocycles. The Kier molecular flexibility index (Phi) is 5.52. The Labute approximate surface area is 147 Å². The van der Waals surface area contributed by atoms with Gasteiger partial charge in [0.05, 0.1) is 7.11 Å². The first kappa shape index (κ1) is 16.8. The molecule has 1 N–H and O–H groups in total. The van der Waals surface area contributed by atoms with E-state index in [-0.39, 0.29) is 5.82 Å². The van der Waals surface area contributed by atoms with E-state index < -0.39 is 0 Å². The summed E-state index contributed by atoms with van der Waals surface area (Å²) >= 11 is 0. The van der Waals surface area contributed by atoms with E-state index in [9.17, 15) is 4.39 Å². The van der Waals surface area contributed by atoms with Gasteiger partial charge >= 0.3 is 0 Å². The van der Waals surface area contributed by atoms with Crippen LogP contribution in [0.2, 0.25) is 0 Å². The van der Waals surface area contributed by atoms with Gasteiger partial charge in [0.2, 0.25) is 0 Å². The van der Waals surface area contributed by atoms with E-state index in [4.69, 9.17) is 9.47 Å². The summed E-state index contributed by atoms with van der Waals surface area (Å²) in [6, 6.07) is 22.1. The van der Waals surface area contributed by atoms with Crippen LogP contribution in [0.3, 0.4) is 0 Å². The Hall–Kier alpha value is -3.01. The molecular formula is C21H20FNO2. The fourth-order valence-electron chi connectivity index (χ4n) is 2.36. The molecule has 0 aliphatic rings. The second-order valence-electron chi connectivity index (χ2n) is 5.64. The molecule has 4 heteroatoms. The molecule has 0 saturated heterocycles. The molecule has 0 unspecified atom stereocenters. The van der Waals surface area contributed by atoms with E-state index >= 15 is 0 Å². The standard InChI is InChI=1S/C21H20FNO2/c1-24-20-12-8-19(9-13-20)23-14-16-4-10-21(11-5-16)25-15-17-2-6-18(22)7-3-17/h2-13,23H,14-15H2,1H3. The highest BCUT2D eigenvalue weighted by Crippen LogP contribution is 2.18. The fraction of sp³-hybridized carbons (Fsp3) is 0.143. The highest BCUT2D eigenvalue weighted by Gasteiger charge is 1.99. The number of nitrogens with one attached hydrogen (secondary N) is 1. The van der Waals surface area contributed by atoms with Gasteiger partial charge in [0.25, 0.3) is 0 Å². The minimum atomic E-state index is -0.238. The molecule has 0 atom stereocenters. The average molecular weight is 337 g/mol. The van der Waals surface area contributed by atoms with Gasteiger partial charge in [0.15, 0.2) is 0 Å². The fourth-order valence-corrected chi connectivity index (χ4v) is 2.36. The van der Waals surface area contributed by atoms with Crippen LogP contribution in [0.15, 0.2) is 72.8 Å². The molecule has 3 nitrogen and oxygen atoms in total. The van der Waals surface area contributed by atoms with E-state index in [2.05, 4.69) is 5.32 Å². The van der Waals surface area contributed by atoms with Crippen molar-refractivity contribution in [2.24, 2.45) is 0 Å². The van der Waals surface area contributed by atoms with Crippen molar-refractivity contribution in [2.45, 2.75) is 13.2 Å². The van der Waals surface area contributed by atoms with Crippen molar-refractivity contribution in [1.82, 2.24) is 0 Å². The topological polar surface area (TPSA) is 30.5 Å². The summed E-state index contributed by atoms with van der Waals surface area (Å²) in [7, 11) is 1.65. The van der Waals surface area contributed by atoms with E-state index in [0.29, 0.717) is 6.61 Å². The number of ether oxygens (including phenoxy) is 2. The highest BCUT2D eigenvalue weighted by molar-refractivity contribution is 5.47. The molecule has 128 valence electrons. The van der Waals surface area contributed by atoms with Gasteiger partial charge in [-0.05, 0) is 59.7 Å². The first-order valence-electron chi connectivity index (χ1n) is 8.07. The lowest BCUT2D eigenvalue weighted by Gasteiger charge is -2.09. The molecule has 3 aromatic carbocycles. The molecule has 3 aromatic rings. The van der Waals surface area contributed by atoms with Crippen molar-refractivity contribution in [3.05, 3.63) is 89.7 Å². The summed E-state index contributed by atoms with van der Waals surface area (Å²) in [6.07, 6.45) is 0. The van der Waals surface area contributed by atoms with Crippen LogP contribution in [0.1, 0.15) is 11.1 Å². The monoisotopic (exact) mass is 337 g/mol. The molecule has 3 rings (SSSR count). The highest BCUT2D eigenvalue weighted by atomic mass is 19.1. The van der Waals surface area contributed by atoms with E-state index in [1.54, 1.807) is 19.2 Å². The van der Waals surface area contributed by atoms with Gasteiger partial charge in [0.1, 0.15) is 23.9 Å². The smallest absolute Gasteiger partial charge is 0.123 e. The molecule has 0 saturated carbocycles. The summed E-state index contributed by atoms with van der Waals surface area (Å²) in [4.78, 5) is 0. The number of methoxy groups -OCH3 is 1. The predicted octanol–water partition coefficient (Wildman–Crippen LogP) is 5.03. The maximum atomic E-state index is 12.9.